The van der Waals surface area contributed by atoms with Crippen LogP contribution in [-0.2, 0) is 0 Å². The van der Waals surface area contributed by atoms with Gasteiger partial charge in [-0.25, -0.2) is 4.79 Å². The largest absolute Gasteiger partial charge is 0.422 e. The van der Waals surface area contributed by atoms with Crippen molar-refractivity contribution < 1.29 is 4.42 Å². The van der Waals surface area contributed by atoms with E-state index in [0.717, 1.165) is 21.8 Å². The van der Waals surface area contributed by atoms with Crippen molar-refractivity contribution in [1.29, 1.82) is 0 Å². The monoisotopic (exact) mass is 302 g/mol. The van der Waals surface area contributed by atoms with E-state index in [9.17, 15) is 4.79 Å². The van der Waals surface area contributed by atoms with Gasteiger partial charge in [0.25, 0.3) is 0 Å². The third-order valence-corrected chi connectivity index (χ3v) is 3.82. The Morgan fingerprint density at radius 1 is 0.870 bits per heavy atom. The van der Waals surface area contributed by atoms with Gasteiger partial charge >= 0.3 is 5.63 Å². The second-order valence-corrected chi connectivity index (χ2v) is 5.39. The zero-order valence-corrected chi connectivity index (χ0v) is 12.2. The fourth-order valence-electron chi connectivity index (χ4n) is 2.72. The highest BCUT2D eigenvalue weighted by atomic mass is 16.4. The van der Waals surface area contributed by atoms with E-state index in [4.69, 9.17) is 10.2 Å². The van der Waals surface area contributed by atoms with Crippen LogP contribution in [0, 0.1) is 0 Å². The molecule has 112 valence electrons. The van der Waals surface area contributed by atoms with Crippen LogP contribution in [0.5, 0.6) is 0 Å². The van der Waals surface area contributed by atoms with Crippen LogP contribution in [0.25, 0.3) is 21.7 Å². The van der Waals surface area contributed by atoms with Gasteiger partial charge in [-0.3, -0.25) is 0 Å². The highest BCUT2D eigenvalue weighted by Gasteiger charge is 2.09. The zero-order chi connectivity index (χ0) is 15.8. The number of rotatable bonds is 2. The van der Waals surface area contributed by atoms with Gasteiger partial charge in [0.15, 0.2) is 0 Å². The molecule has 1 heterocycles. The maximum absolute atomic E-state index is 12.0. The van der Waals surface area contributed by atoms with Gasteiger partial charge in [0, 0.05) is 28.2 Å². The molecule has 0 spiro atoms. The zero-order valence-electron chi connectivity index (χ0n) is 12.2. The predicted octanol–water partition coefficient (Wildman–Crippen LogP) is 4.27. The molecule has 0 saturated carbocycles. The minimum Gasteiger partial charge on any atom is -0.422 e. The summed E-state index contributed by atoms with van der Waals surface area (Å²) in [5.74, 6) is 0. The standard InChI is InChI=1S/C19H14N2O2/c20-13-6-8-14(9-7-13)21-17-11-18(22)23-19-15-4-2-1-3-12(15)5-10-16(17)19/h1-11,21H,20H2. The smallest absolute Gasteiger partial charge is 0.338 e. The van der Waals surface area contributed by atoms with Gasteiger partial charge in [-0.2, -0.15) is 0 Å². The first-order valence-corrected chi connectivity index (χ1v) is 7.29. The van der Waals surface area contributed by atoms with Crippen LogP contribution in [0.1, 0.15) is 0 Å². The Hall–Kier alpha value is -3.27. The van der Waals surface area contributed by atoms with E-state index in [1.165, 1.54) is 6.07 Å². The summed E-state index contributed by atoms with van der Waals surface area (Å²) in [5, 5.41) is 6.08. The van der Waals surface area contributed by atoms with Gasteiger partial charge in [0.05, 0.1) is 5.69 Å². The molecule has 4 rings (SSSR count). The molecular weight excluding hydrogens is 288 g/mol. The third kappa shape index (κ3) is 2.40. The molecule has 4 heteroatoms. The Morgan fingerprint density at radius 3 is 2.48 bits per heavy atom. The van der Waals surface area contributed by atoms with Crippen LogP contribution < -0.4 is 16.7 Å². The van der Waals surface area contributed by atoms with Crippen LogP contribution >= 0.6 is 0 Å². The Bertz CT molecular complexity index is 1070. The van der Waals surface area contributed by atoms with Gasteiger partial charge in [0.1, 0.15) is 5.58 Å². The van der Waals surface area contributed by atoms with E-state index < -0.39 is 0 Å². The van der Waals surface area contributed by atoms with Gasteiger partial charge in [0.2, 0.25) is 0 Å². The Labute approximate surface area is 132 Å². The van der Waals surface area contributed by atoms with E-state index in [1.54, 1.807) is 0 Å². The molecule has 3 N–H and O–H groups in total. The van der Waals surface area contributed by atoms with E-state index in [-0.39, 0.29) is 5.63 Å². The molecule has 23 heavy (non-hydrogen) atoms. The second kappa shape index (κ2) is 5.18. The Balaban J connectivity index is 1.94. The van der Waals surface area contributed by atoms with Gasteiger partial charge in [-0.15, -0.1) is 0 Å². The van der Waals surface area contributed by atoms with Crippen LogP contribution in [-0.4, -0.2) is 0 Å². The summed E-state index contributed by atoms with van der Waals surface area (Å²) in [7, 11) is 0. The topological polar surface area (TPSA) is 68.3 Å². The van der Waals surface area contributed by atoms with Crippen molar-refractivity contribution in [3.05, 3.63) is 77.2 Å². The lowest BCUT2D eigenvalue weighted by atomic mass is 10.1. The average Bonchev–Trinajstić information content (AvgIpc) is 2.57. The molecule has 0 bridgehead atoms. The van der Waals surface area contributed by atoms with Gasteiger partial charge in [-0.1, -0.05) is 30.3 Å². The second-order valence-electron chi connectivity index (χ2n) is 5.39. The number of nitrogen functional groups attached to an aromatic ring is 1. The molecule has 3 aromatic carbocycles. The lowest BCUT2D eigenvalue weighted by Crippen LogP contribution is -2.01. The van der Waals surface area contributed by atoms with Crippen LogP contribution in [0.2, 0.25) is 0 Å². The number of hydrogen-bond donors (Lipinski definition) is 2. The molecule has 0 aliphatic carbocycles. The number of nitrogens with one attached hydrogen (secondary N) is 1. The van der Waals surface area contributed by atoms with Crippen molar-refractivity contribution in [2.75, 3.05) is 11.1 Å². The van der Waals surface area contributed by atoms with Crippen molar-refractivity contribution in [2.45, 2.75) is 0 Å². The van der Waals surface area contributed by atoms with E-state index in [0.29, 0.717) is 17.0 Å². The Morgan fingerprint density at radius 2 is 1.65 bits per heavy atom. The van der Waals surface area contributed by atoms with Crippen molar-refractivity contribution in [3.8, 4) is 0 Å². The fraction of sp³-hybridized carbons (Fsp3) is 0. The number of benzene rings is 3. The molecule has 0 unspecified atom stereocenters. The lowest BCUT2D eigenvalue weighted by Gasteiger charge is -2.10. The van der Waals surface area contributed by atoms with Crippen molar-refractivity contribution in [1.82, 2.24) is 0 Å². The minimum absolute atomic E-state index is 0.383. The van der Waals surface area contributed by atoms with Gasteiger partial charge < -0.3 is 15.5 Å². The van der Waals surface area contributed by atoms with Crippen molar-refractivity contribution >= 4 is 38.8 Å². The summed E-state index contributed by atoms with van der Waals surface area (Å²) in [4.78, 5) is 12.0. The summed E-state index contributed by atoms with van der Waals surface area (Å²) in [6, 6.07) is 20.6. The van der Waals surface area contributed by atoms with Crippen LogP contribution in [0.3, 0.4) is 0 Å². The number of nitrogens with two attached hydrogens (primary N) is 1. The number of anilines is 3. The molecule has 0 atom stereocenters. The lowest BCUT2D eigenvalue weighted by molar-refractivity contribution is 0.565. The molecule has 0 fully saturated rings. The van der Waals surface area contributed by atoms with E-state index in [1.807, 2.05) is 60.7 Å². The van der Waals surface area contributed by atoms with Gasteiger partial charge in [-0.05, 0) is 35.7 Å². The van der Waals surface area contributed by atoms with E-state index in [2.05, 4.69) is 5.32 Å². The summed E-state index contributed by atoms with van der Waals surface area (Å²) in [6.07, 6.45) is 0. The predicted molar refractivity (Wildman–Crippen MR) is 94.1 cm³/mol. The summed E-state index contributed by atoms with van der Waals surface area (Å²) in [6.45, 7) is 0. The molecular formula is C19H14N2O2. The Kier molecular flexibility index (Phi) is 3.01. The molecule has 0 radical (unpaired) electrons. The first kappa shape index (κ1) is 13.4. The number of fused-ring (bicyclic) bond motifs is 3. The van der Waals surface area contributed by atoms with Crippen molar-refractivity contribution in [3.63, 3.8) is 0 Å². The highest BCUT2D eigenvalue weighted by Crippen LogP contribution is 2.30. The van der Waals surface area contributed by atoms with Crippen molar-refractivity contribution in [2.24, 2.45) is 0 Å². The summed E-state index contributed by atoms with van der Waals surface area (Å²) >= 11 is 0. The van der Waals surface area contributed by atoms with E-state index >= 15 is 0 Å². The quantitative estimate of drug-likeness (QED) is 0.329. The first-order valence-electron chi connectivity index (χ1n) is 7.29. The fourth-order valence-corrected chi connectivity index (χ4v) is 2.72. The molecule has 4 nitrogen and oxygen atoms in total. The maximum atomic E-state index is 12.0. The average molecular weight is 302 g/mol. The molecule has 0 aliphatic rings. The maximum Gasteiger partial charge on any atom is 0.338 e. The minimum atomic E-state index is -0.383. The summed E-state index contributed by atoms with van der Waals surface area (Å²) < 4.78 is 5.46. The molecule has 0 amide bonds. The summed E-state index contributed by atoms with van der Waals surface area (Å²) in [5.41, 5.74) is 8.18. The highest BCUT2D eigenvalue weighted by molar-refractivity contribution is 6.08. The van der Waals surface area contributed by atoms with Crippen LogP contribution in [0.4, 0.5) is 17.1 Å². The number of hydrogen-bond acceptors (Lipinski definition) is 4. The SMILES string of the molecule is Nc1ccc(Nc2cc(=O)oc3c2ccc2ccccc23)cc1. The molecule has 1 aromatic heterocycles. The third-order valence-electron chi connectivity index (χ3n) is 3.82. The molecule has 0 saturated heterocycles. The van der Waals surface area contributed by atoms with Crippen LogP contribution in [0.15, 0.2) is 75.9 Å². The normalized spacial score (nSPS) is 11.0. The molecule has 0 aliphatic heterocycles. The molecule has 4 aromatic rings. The first-order chi connectivity index (χ1) is 11.2.